The summed E-state index contributed by atoms with van der Waals surface area (Å²) in [6.45, 7) is 4.41. The highest BCUT2D eigenvalue weighted by Gasteiger charge is 2.16. The first-order valence-corrected chi connectivity index (χ1v) is 6.40. The van der Waals surface area contributed by atoms with E-state index in [1.807, 2.05) is 12.1 Å². The summed E-state index contributed by atoms with van der Waals surface area (Å²) in [5, 5.41) is 0.667. The highest BCUT2D eigenvalue weighted by Crippen LogP contribution is 2.33. The molecule has 0 saturated carbocycles. The second-order valence-electron chi connectivity index (χ2n) is 4.22. The third kappa shape index (κ3) is 3.29. The number of benzene rings is 1. The largest absolute Gasteiger partial charge is 0.495 e. The standard InChI is InChI=1S/C13H18Cl2O/c1-9(2)11(6-7-14)10-4-5-13(16-3)12(15)8-10/h4-5,8-9,11H,6-7H2,1-3H3. The minimum Gasteiger partial charge on any atom is -0.495 e. The molecule has 3 heteroatoms. The monoisotopic (exact) mass is 260 g/mol. The van der Waals surface area contributed by atoms with Crippen molar-refractivity contribution in [2.75, 3.05) is 13.0 Å². The number of rotatable bonds is 5. The maximum atomic E-state index is 6.12. The van der Waals surface area contributed by atoms with Crippen LogP contribution in [0, 0.1) is 5.92 Å². The van der Waals surface area contributed by atoms with E-state index < -0.39 is 0 Å². The van der Waals surface area contributed by atoms with E-state index in [-0.39, 0.29) is 0 Å². The van der Waals surface area contributed by atoms with Crippen LogP contribution in [0.15, 0.2) is 18.2 Å². The third-order valence-electron chi connectivity index (χ3n) is 2.83. The average molecular weight is 261 g/mol. The van der Waals surface area contributed by atoms with Gasteiger partial charge in [0.2, 0.25) is 0 Å². The molecule has 0 aliphatic carbocycles. The van der Waals surface area contributed by atoms with Crippen LogP contribution >= 0.6 is 23.2 Å². The van der Waals surface area contributed by atoms with Gasteiger partial charge in [-0.15, -0.1) is 11.6 Å². The van der Waals surface area contributed by atoms with Crippen molar-refractivity contribution in [3.8, 4) is 5.75 Å². The number of methoxy groups -OCH3 is 1. The fourth-order valence-corrected chi connectivity index (χ4v) is 2.42. The van der Waals surface area contributed by atoms with Gasteiger partial charge in [0.05, 0.1) is 12.1 Å². The Morgan fingerprint density at radius 2 is 2.00 bits per heavy atom. The van der Waals surface area contributed by atoms with Gasteiger partial charge >= 0.3 is 0 Å². The topological polar surface area (TPSA) is 9.23 Å². The van der Waals surface area contributed by atoms with Crippen molar-refractivity contribution in [3.63, 3.8) is 0 Å². The predicted octanol–water partition coefficient (Wildman–Crippen LogP) is 4.72. The van der Waals surface area contributed by atoms with Gasteiger partial charge in [0.15, 0.2) is 0 Å². The summed E-state index contributed by atoms with van der Waals surface area (Å²) in [4.78, 5) is 0. The van der Waals surface area contributed by atoms with Crippen molar-refractivity contribution in [2.45, 2.75) is 26.2 Å². The fraction of sp³-hybridized carbons (Fsp3) is 0.538. The number of ether oxygens (including phenoxy) is 1. The normalized spacial score (nSPS) is 12.9. The Bertz CT molecular complexity index is 337. The first-order valence-electron chi connectivity index (χ1n) is 5.49. The second-order valence-corrected chi connectivity index (χ2v) is 5.01. The van der Waals surface area contributed by atoms with Crippen molar-refractivity contribution < 1.29 is 4.74 Å². The van der Waals surface area contributed by atoms with E-state index in [1.165, 1.54) is 5.56 Å². The molecule has 90 valence electrons. The number of hydrogen-bond acceptors (Lipinski definition) is 1. The summed E-state index contributed by atoms with van der Waals surface area (Å²) >= 11 is 12.0. The van der Waals surface area contributed by atoms with Gasteiger partial charge in [-0.1, -0.05) is 31.5 Å². The van der Waals surface area contributed by atoms with Crippen molar-refractivity contribution in [1.29, 1.82) is 0 Å². The Kier molecular flexibility index (Phi) is 5.43. The van der Waals surface area contributed by atoms with Crippen LogP contribution in [-0.2, 0) is 0 Å². The fourth-order valence-electron chi connectivity index (χ4n) is 1.92. The number of halogens is 2. The summed E-state index contributed by atoms with van der Waals surface area (Å²) in [6, 6.07) is 5.97. The molecule has 0 aliphatic heterocycles. The molecule has 1 unspecified atom stereocenters. The SMILES string of the molecule is COc1ccc(C(CCCl)C(C)C)cc1Cl. The lowest BCUT2D eigenvalue weighted by molar-refractivity contribution is 0.414. The lowest BCUT2D eigenvalue weighted by atomic mass is 9.86. The van der Waals surface area contributed by atoms with Gasteiger partial charge in [0.25, 0.3) is 0 Å². The Labute approximate surface area is 108 Å². The molecule has 0 spiro atoms. The zero-order valence-corrected chi connectivity index (χ0v) is 11.5. The third-order valence-corrected chi connectivity index (χ3v) is 3.34. The maximum absolute atomic E-state index is 6.12. The van der Waals surface area contributed by atoms with Gasteiger partial charge in [0, 0.05) is 5.88 Å². The van der Waals surface area contributed by atoms with Crippen molar-refractivity contribution in [3.05, 3.63) is 28.8 Å². The van der Waals surface area contributed by atoms with E-state index in [0.29, 0.717) is 22.7 Å². The van der Waals surface area contributed by atoms with Gasteiger partial charge in [-0.2, -0.15) is 0 Å². The molecular formula is C13H18Cl2O. The van der Waals surface area contributed by atoms with Crippen molar-refractivity contribution in [1.82, 2.24) is 0 Å². The summed E-state index contributed by atoms with van der Waals surface area (Å²) in [5.74, 6) is 2.41. The van der Waals surface area contributed by atoms with Crippen LogP contribution < -0.4 is 4.74 Å². The van der Waals surface area contributed by atoms with Crippen molar-refractivity contribution >= 4 is 23.2 Å². The summed E-state index contributed by atoms with van der Waals surface area (Å²) in [5.41, 5.74) is 1.24. The molecule has 0 bridgehead atoms. The van der Waals surface area contributed by atoms with Crippen LogP contribution in [0.2, 0.25) is 5.02 Å². The Morgan fingerprint density at radius 1 is 1.31 bits per heavy atom. The molecule has 0 heterocycles. The van der Waals surface area contributed by atoms with Crippen LogP contribution in [0.5, 0.6) is 5.75 Å². The average Bonchev–Trinajstić information content (AvgIpc) is 2.25. The minimum absolute atomic E-state index is 0.459. The van der Waals surface area contributed by atoms with Crippen LogP contribution in [0.4, 0.5) is 0 Å². The lowest BCUT2D eigenvalue weighted by Gasteiger charge is -2.21. The van der Waals surface area contributed by atoms with Crippen LogP contribution in [0.1, 0.15) is 31.7 Å². The minimum atomic E-state index is 0.459. The molecule has 1 aromatic rings. The second kappa shape index (κ2) is 6.36. The van der Waals surface area contributed by atoms with E-state index >= 15 is 0 Å². The Balaban J connectivity index is 2.97. The molecule has 0 fully saturated rings. The molecule has 0 aromatic heterocycles. The Morgan fingerprint density at radius 3 is 2.44 bits per heavy atom. The molecule has 1 atom stereocenters. The van der Waals surface area contributed by atoms with Crippen LogP contribution in [-0.4, -0.2) is 13.0 Å². The molecule has 0 aliphatic rings. The molecule has 0 N–H and O–H groups in total. The van der Waals surface area contributed by atoms with Crippen LogP contribution in [0.25, 0.3) is 0 Å². The molecule has 1 aromatic carbocycles. The Hall–Kier alpha value is -0.400. The molecule has 1 nitrogen and oxygen atoms in total. The molecule has 16 heavy (non-hydrogen) atoms. The summed E-state index contributed by atoms with van der Waals surface area (Å²) < 4.78 is 5.14. The molecule has 1 rings (SSSR count). The van der Waals surface area contributed by atoms with E-state index in [1.54, 1.807) is 7.11 Å². The smallest absolute Gasteiger partial charge is 0.137 e. The first kappa shape index (κ1) is 13.7. The highest BCUT2D eigenvalue weighted by molar-refractivity contribution is 6.32. The van der Waals surface area contributed by atoms with Crippen LogP contribution in [0.3, 0.4) is 0 Å². The van der Waals surface area contributed by atoms with Crippen molar-refractivity contribution in [2.24, 2.45) is 5.92 Å². The van der Waals surface area contributed by atoms with E-state index in [4.69, 9.17) is 27.9 Å². The zero-order valence-electron chi connectivity index (χ0n) is 9.97. The van der Waals surface area contributed by atoms with Gasteiger partial charge < -0.3 is 4.74 Å². The summed E-state index contributed by atoms with van der Waals surface area (Å²) in [6.07, 6.45) is 0.974. The first-order chi connectivity index (χ1) is 7.60. The van der Waals surface area contributed by atoms with Gasteiger partial charge in [0.1, 0.15) is 5.75 Å². The van der Waals surface area contributed by atoms with Gasteiger partial charge in [-0.3, -0.25) is 0 Å². The number of alkyl halides is 1. The zero-order chi connectivity index (χ0) is 12.1. The molecule has 0 amide bonds. The molecular weight excluding hydrogens is 243 g/mol. The van der Waals surface area contributed by atoms with E-state index in [2.05, 4.69) is 19.9 Å². The maximum Gasteiger partial charge on any atom is 0.137 e. The predicted molar refractivity (Wildman–Crippen MR) is 70.9 cm³/mol. The highest BCUT2D eigenvalue weighted by atomic mass is 35.5. The van der Waals surface area contributed by atoms with E-state index in [0.717, 1.165) is 12.2 Å². The lowest BCUT2D eigenvalue weighted by Crippen LogP contribution is -2.07. The van der Waals surface area contributed by atoms with E-state index in [9.17, 15) is 0 Å². The summed E-state index contributed by atoms with van der Waals surface area (Å²) in [7, 11) is 1.62. The number of hydrogen-bond donors (Lipinski definition) is 0. The molecule has 0 saturated heterocycles. The van der Waals surface area contributed by atoms with Gasteiger partial charge in [-0.05, 0) is 36.0 Å². The quantitative estimate of drug-likeness (QED) is 0.697. The van der Waals surface area contributed by atoms with Gasteiger partial charge in [-0.25, -0.2) is 0 Å². The molecule has 0 radical (unpaired) electrons.